The second-order valence-electron chi connectivity index (χ2n) is 7.68. The lowest BCUT2D eigenvalue weighted by molar-refractivity contribution is -0.126. The Morgan fingerprint density at radius 1 is 1.21 bits per heavy atom. The fourth-order valence-corrected chi connectivity index (χ4v) is 3.60. The first-order chi connectivity index (χ1) is 13.6. The number of hydrogen-bond donors (Lipinski definition) is 4. The summed E-state index contributed by atoms with van der Waals surface area (Å²) in [6.07, 6.45) is 6.09. The number of phenolic OH excluding ortho intramolecular Hbond substituents is 1. The fraction of sp³-hybridized carbons (Fsp3) is 0.619. The molecule has 29 heavy (non-hydrogen) atoms. The molecule has 0 radical (unpaired) electrons. The highest BCUT2D eigenvalue weighted by atomic mass is 127. The normalized spacial score (nSPS) is 21.7. The van der Waals surface area contributed by atoms with E-state index in [9.17, 15) is 9.90 Å². The van der Waals surface area contributed by atoms with E-state index in [-0.39, 0.29) is 47.6 Å². The number of benzene rings is 1. The molecule has 1 aromatic carbocycles. The summed E-state index contributed by atoms with van der Waals surface area (Å²) in [6, 6.07) is 5.77. The van der Waals surface area contributed by atoms with Gasteiger partial charge in [-0.2, -0.15) is 0 Å². The Bertz CT molecular complexity index is 709. The van der Waals surface area contributed by atoms with E-state index in [1.54, 1.807) is 25.3 Å². The molecule has 3 rings (SSSR count). The molecule has 0 aromatic heterocycles. The number of guanidine groups is 1. The Hall–Kier alpha value is -1.71. The van der Waals surface area contributed by atoms with Crippen molar-refractivity contribution in [3.8, 4) is 11.5 Å². The molecular formula is C21H33IN4O3. The van der Waals surface area contributed by atoms with Crippen LogP contribution in [0.25, 0.3) is 0 Å². The van der Waals surface area contributed by atoms with Gasteiger partial charge in [0.05, 0.1) is 13.7 Å². The number of aliphatic imine (C=N–C) groups is 1. The number of carbonyl (C=O) groups excluding carboxylic acids is 1. The lowest BCUT2D eigenvalue weighted by Crippen LogP contribution is -2.47. The van der Waals surface area contributed by atoms with E-state index in [1.165, 1.54) is 0 Å². The molecule has 1 aromatic rings. The number of phenols is 1. The zero-order valence-corrected chi connectivity index (χ0v) is 19.6. The summed E-state index contributed by atoms with van der Waals surface area (Å²) in [4.78, 5) is 17.0. The van der Waals surface area contributed by atoms with Gasteiger partial charge in [-0.25, -0.2) is 4.99 Å². The molecule has 7 nitrogen and oxygen atoms in total. The monoisotopic (exact) mass is 516 g/mol. The average Bonchev–Trinajstić information content (AvgIpc) is 3.51. The van der Waals surface area contributed by atoms with Crippen molar-refractivity contribution in [2.45, 2.75) is 64.1 Å². The Kier molecular flexibility index (Phi) is 9.32. The summed E-state index contributed by atoms with van der Waals surface area (Å²) < 4.78 is 5.22. The highest BCUT2D eigenvalue weighted by molar-refractivity contribution is 14.0. The van der Waals surface area contributed by atoms with Gasteiger partial charge in [0.25, 0.3) is 0 Å². The van der Waals surface area contributed by atoms with Crippen LogP contribution in [0.1, 0.15) is 51.0 Å². The number of halogens is 1. The van der Waals surface area contributed by atoms with E-state index in [1.807, 2.05) is 6.92 Å². The van der Waals surface area contributed by atoms with E-state index in [0.29, 0.717) is 29.9 Å². The van der Waals surface area contributed by atoms with Crippen molar-refractivity contribution in [3.05, 3.63) is 23.8 Å². The van der Waals surface area contributed by atoms with Gasteiger partial charge in [-0.15, -0.1) is 24.0 Å². The third-order valence-corrected chi connectivity index (χ3v) is 5.35. The fourth-order valence-electron chi connectivity index (χ4n) is 3.60. The number of ether oxygens (including phenoxy) is 1. The molecule has 2 aliphatic rings. The molecule has 162 valence electrons. The van der Waals surface area contributed by atoms with Gasteiger partial charge in [0.2, 0.25) is 5.91 Å². The molecule has 0 saturated heterocycles. The van der Waals surface area contributed by atoms with Crippen molar-refractivity contribution >= 4 is 35.8 Å². The van der Waals surface area contributed by atoms with Crippen molar-refractivity contribution in [1.82, 2.24) is 16.0 Å². The van der Waals surface area contributed by atoms with Crippen LogP contribution < -0.4 is 20.7 Å². The molecule has 2 aliphatic carbocycles. The standard InChI is InChI=1S/C21H32N4O3.HI/c1-3-22-21(23-13-15-12-18(28-2)9-10-19(15)26)25-17-6-4-5-14(11-17)20(27)24-16-7-8-16;/h9-10,12,14,16-17,26H,3-8,11,13H2,1-2H3,(H,24,27)(H2,22,23,25);1H. The van der Waals surface area contributed by atoms with Crippen LogP contribution in [-0.4, -0.2) is 42.7 Å². The SMILES string of the molecule is CCNC(=NCc1cc(OC)ccc1O)NC1CCCC(C(=O)NC2CC2)C1.I. The summed E-state index contributed by atoms with van der Waals surface area (Å²) in [7, 11) is 1.60. The zero-order valence-electron chi connectivity index (χ0n) is 17.2. The molecule has 0 bridgehead atoms. The summed E-state index contributed by atoms with van der Waals surface area (Å²) >= 11 is 0. The largest absolute Gasteiger partial charge is 0.508 e. The van der Waals surface area contributed by atoms with Gasteiger partial charge in [0.15, 0.2) is 5.96 Å². The van der Waals surface area contributed by atoms with Gasteiger partial charge in [-0.05, 0) is 57.2 Å². The average molecular weight is 516 g/mol. The number of hydrogen-bond acceptors (Lipinski definition) is 4. The minimum absolute atomic E-state index is 0. The van der Waals surface area contributed by atoms with Gasteiger partial charge < -0.3 is 25.8 Å². The summed E-state index contributed by atoms with van der Waals surface area (Å²) in [6.45, 7) is 3.11. The maximum atomic E-state index is 12.4. The molecule has 4 N–H and O–H groups in total. The molecular weight excluding hydrogens is 483 g/mol. The van der Waals surface area contributed by atoms with Crippen LogP contribution in [-0.2, 0) is 11.3 Å². The molecule has 2 saturated carbocycles. The number of nitrogens with one attached hydrogen (secondary N) is 3. The molecule has 2 atom stereocenters. The van der Waals surface area contributed by atoms with E-state index in [2.05, 4.69) is 20.9 Å². The van der Waals surface area contributed by atoms with Gasteiger partial charge in [0.1, 0.15) is 11.5 Å². The summed E-state index contributed by atoms with van der Waals surface area (Å²) in [5.74, 6) is 1.89. The van der Waals surface area contributed by atoms with Crippen LogP contribution in [0.4, 0.5) is 0 Å². The first-order valence-corrected chi connectivity index (χ1v) is 10.3. The van der Waals surface area contributed by atoms with Gasteiger partial charge in [-0.3, -0.25) is 4.79 Å². The second kappa shape index (κ2) is 11.5. The minimum atomic E-state index is 0. The van der Waals surface area contributed by atoms with Crippen molar-refractivity contribution in [2.75, 3.05) is 13.7 Å². The second-order valence-corrected chi connectivity index (χ2v) is 7.68. The van der Waals surface area contributed by atoms with Crippen molar-refractivity contribution in [1.29, 1.82) is 0 Å². The number of methoxy groups -OCH3 is 1. The number of nitrogens with zero attached hydrogens (tertiary/aromatic N) is 1. The Morgan fingerprint density at radius 3 is 2.69 bits per heavy atom. The Balaban J connectivity index is 0.00000300. The van der Waals surface area contributed by atoms with E-state index in [0.717, 1.165) is 45.1 Å². The van der Waals surface area contributed by atoms with Crippen LogP contribution in [0.5, 0.6) is 11.5 Å². The van der Waals surface area contributed by atoms with E-state index < -0.39 is 0 Å². The maximum absolute atomic E-state index is 12.4. The predicted molar refractivity (Wildman–Crippen MR) is 125 cm³/mol. The third-order valence-electron chi connectivity index (χ3n) is 5.35. The number of rotatable bonds is 7. The van der Waals surface area contributed by atoms with Crippen molar-refractivity contribution in [2.24, 2.45) is 10.9 Å². The lowest BCUT2D eigenvalue weighted by atomic mass is 9.85. The van der Waals surface area contributed by atoms with Crippen LogP contribution in [0, 0.1) is 5.92 Å². The predicted octanol–water partition coefficient (Wildman–Crippen LogP) is 2.91. The first kappa shape index (κ1) is 23.6. The van der Waals surface area contributed by atoms with Gasteiger partial charge >= 0.3 is 0 Å². The van der Waals surface area contributed by atoms with Crippen molar-refractivity contribution < 1.29 is 14.6 Å². The van der Waals surface area contributed by atoms with Crippen LogP contribution in [0.3, 0.4) is 0 Å². The van der Waals surface area contributed by atoms with Crippen molar-refractivity contribution in [3.63, 3.8) is 0 Å². The smallest absolute Gasteiger partial charge is 0.223 e. The molecule has 8 heteroatoms. The molecule has 2 fully saturated rings. The highest BCUT2D eigenvalue weighted by Gasteiger charge is 2.31. The van der Waals surface area contributed by atoms with E-state index >= 15 is 0 Å². The number of carbonyl (C=O) groups is 1. The summed E-state index contributed by atoms with van der Waals surface area (Å²) in [5.41, 5.74) is 0.710. The quantitative estimate of drug-likeness (QED) is 0.254. The number of amides is 1. The van der Waals surface area contributed by atoms with Crippen LogP contribution in [0.2, 0.25) is 0 Å². The minimum Gasteiger partial charge on any atom is -0.508 e. The maximum Gasteiger partial charge on any atom is 0.223 e. The summed E-state index contributed by atoms with van der Waals surface area (Å²) in [5, 5.41) is 19.9. The third kappa shape index (κ3) is 7.24. The topological polar surface area (TPSA) is 95.0 Å². The number of aromatic hydroxyl groups is 1. The van der Waals surface area contributed by atoms with Gasteiger partial charge in [-0.1, -0.05) is 6.42 Å². The molecule has 1 amide bonds. The Labute approximate surface area is 190 Å². The van der Waals surface area contributed by atoms with Crippen LogP contribution >= 0.6 is 24.0 Å². The zero-order chi connectivity index (χ0) is 19.9. The van der Waals surface area contributed by atoms with Crippen LogP contribution in [0.15, 0.2) is 23.2 Å². The lowest BCUT2D eigenvalue weighted by Gasteiger charge is -2.30. The highest BCUT2D eigenvalue weighted by Crippen LogP contribution is 2.27. The van der Waals surface area contributed by atoms with E-state index in [4.69, 9.17) is 4.74 Å². The molecule has 0 aliphatic heterocycles. The molecule has 0 spiro atoms. The van der Waals surface area contributed by atoms with Gasteiger partial charge in [0, 0.05) is 30.1 Å². The molecule has 0 heterocycles. The first-order valence-electron chi connectivity index (χ1n) is 10.3. The Morgan fingerprint density at radius 2 is 2.00 bits per heavy atom. The molecule has 2 unspecified atom stereocenters.